The number of nitrogens with zero attached hydrogens (tertiary/aromatic N) is 2. The topological polar surface area (TPSA) is 35.6 Å². The van der Waals surface area contributed by atoms with Gasteiger partial charge < -0.3 is 15.1 Å². The molecular weight excluding hydrogens is 358 g/mol. The van der Waals surface area contributed by atoms with E-state index < -0.39 is 0 Å². The Balaban J connectivity index is 1.48. The third kappa shape index (κ3) is 4.49. The Labute approximate surface area is 172 Å². The van der Waals surface area contributed by atoms with Crippen molar-refractivity contribution >= 4 is 17.3 Å². The molecular formula is C25H27N3O. The van der Waals surface area contributed by atoms with E-state index in [1.54, 1.807) is 0 Å². The Morgan fingerprint density at radius 2 is 1.41 bits per heavy atom. The molecule has 0 aromatic heterocycles. The lowest BCUT2D eigenvalue weighted by Crippen LogP contribution is -2.46. The largest absolute Gasteiger partial charge is 0.367 e. The van der Waals surface area contributed by atoms with Crippen molar-refractivity contribution in [3.05, 3.63) is 84.4 Å². The van der Waals surface area contributed by atoms with Crippen molar-refractivity contribution in [2.24, 2.45) is 0 Å². The summed E-state index contributed by atoms with van der Waals surface area (Å²) >= 11 is 0. The molecule has 3 aromatic rings. The fourth-order valence-electron chi connectivity index (χ4n) is 3.80. The van der Waals surface area contributed by atoms with Crippen LogP contribution in [0.15, 0.2) is 78.9 Å². The van der Waals surface area contributed by atoms with Gasteiger partial charge in [-0.15, -0.1) is 0 Å². The first-order valence-corrected chi connectivity index (χ1v) is 10.3. The summed E-state index contributed by atoms with van der Waals surface area (Å²) in [5, 5.41) is 3.11. The van der Waals surface area contributed by atoms with Gasteiger partial charge in [0.05, 0.1) is 11.4 Å². The van der Waals surface area contributed by atoms with Crippen LogP contribution in [0.1, 0.15) is 17.3 Å². The van der Waals surface area contributed by atoms with E-state index in [1.807, 2.05) is 60.7 Å². The summed E-state index contributed by atoms with van der Waals surface area (Å²) < 4.78 is 0. The van der Waals surface area contributed by atoms with Gasteiger partial charge in [-0.05, 0) is 41.9 Å². The van der Waals surface area contributed by atoms with E-state index >= 15 is 0 Å². The van der Waals surface area contributed by atoms with Crippen LogP contribution in [0.4, 0.5) is 11.4 Å². The molecule has 1 aliphatic rings. The average Bonchev–Trinajstić information content (AvgIpc) is 2.80. The van der Waals surface area contributed by atoms with Crippen molar-refractivity contribution in [3.8, 4) is 11.1 Å². The van der Waals surface area contributed by atoms with E-state index in [4.69, 9.17) is 0 Å². The number of carbonyl (C=O) groups excluding carboxylic acids is 1. The summed E-state index contributed by atoms with van der Waals surface area (Å²) in [5.41, 5.74) is 4.88. The summed E-state index contributed by atoms with van der Waals surface area (Å²) in [5.74, 6) is -0.0794. The van der Waals surface area contributed by atoms with Gasteiger partial charge in [0.25, 0.3) is 5.91 Å². The molecule has 0 bridgehead atoms. The van der Waals surface area contributed by atoms with Crippen LogP contribution in [0.2, 0.25) is 0 Å². The predicted molar refractivity (Wildman–Crippen MR) is 121 cm³/mol. The number of para-hydroxylation sites is 2. The number of likely N-dealkylation sites (N-methyl/N-ethyl adjacent to an activating group) is 1. The van der Waals surface area contributed by atoms with Crippen LogP contribution in [-0.2, 0) is 0 Å². The van der Waals surface area contributed by atoms with Gasteiger partial charge in [-0.1, -0.05) is 61.5 Å². The molecule has 1 N–H and O–H groups in total. The smallest absolute Gasteiger partial charge is 0.255 e. The lowest BCUT2D eigenvalue weighted by Gasteiger charge is -2.36. The Bertz CT molecular complexity index is 945. The van der Waals surface area contributed by atoms with E-state index in [-0.39, 0.29) is 5.91 Å². The Hall–Kier alpha value is -3.11. The van der Waals surface area contributed by atoms with Gasteiger partial charge in [-0.2, -0.15) is 0 Å². The van der Waals surface area contributed by atoms with Crippen LogP contribution in [0.3, 0.4) is 0 Å². The molecule has 1 amide bonds. The van der Waals surface area contributed by atoms with E-state index in [0.717, 1.165) is 55.2 Å². The highest BCUT2D eigenvalue weighted by Crippen LogP contribution is 2.27. The van der Waals surface area contributed by atoms with Crippen molar-refractivity contribution in [1.29, 1.82) is 0 Å². The van der Waals surface area contributed by atoms with Crippen LogP contribution in [0.25, 0.3) is 11.1 Å². The highest BCUT2D eigenvalue weighted by atomic mass is 16.1. The maximum atomic E-state index is 12.9. The Kier molecular flexibility index (Phi) is 5.92. The summed E-state index contributed by atoms with van der Waals surface area (Å²) in [4.78, 5) is 17.7. The molecule has 4 nitrogen and oxygen atoms in total. The molecule has 0 saturated carbocycles. The van der Waals surface area contributed by atoms with Gasteiger partial charge in [0.1, 0.15) is 0 Å². The number of rotatable bonds is 5. The zero-order valence-corrected chi connectivity index (χ0v) is 16.8. The summed E-state index contributed by atoms with van der Waals surface area (Å²) in [6.07, 6.45) is 0. The average molecular weight is 386 g/mol. The molecule has 148 valence electrons. The third-order valence-electron chi connectivity index (χ3n) is 5.57. The number of amides is 1. The summed E-state index contributed by atoms with van der Waals surface area (Å²) in [6, 6.07) is 26.1. The van der Waals surface area contributed by atoms with Crippen LogP contribution in [-0.4, -0.2) is 43.5 Å². The normalized spacial score (nSPS) is 14.6. The molecule has 4 heteroatoms. The molecule has 4 rings (SSSR count). The van der Waals surface area contributed by atoms with Crippen molar-refractivity contribution in [3.63, 3.8) is 0 Å². The fraction of sp³-hybridized carbons (Fsp3) is 0.240. The van der Waals surface area contributed by atoms with Crippen molar-refractivity contribution in [2.45, 2.75) is 6.92 Å². The van der Waals surface area contributed by atoms with Crippen LogP contribution >= 0.6 is 0 Å². The monoisotopic (exact) mass is 385 g/mol. The quantitative estimate of drug-likeness (QED) is 0.689. The molecule has 0 atom stereocenters. The van der Waals surface area contributed by atoms with Gasteiger partial charge in [0.2, 0.25) is 0 Å². The molecule has 1 heterocycles. The van der Waals surface area contributed by atoms with Crippen molar-refractivity contribution < 1.29 is 4.79 Å². The van der Waals surface area contributed by atoms with Gasteiger partial charge in [0.15, 0.2) is 0 Å². The maximum absolute atomic E-state index is 12.9. The van der Waals surface area contributed by atoms with E-state index in [1.165, 1.54) is 0 Å². The second-order valence-corrected chi connectivity index (χ2v) is 7.34. The number of nitrogens with one attached hydrogen (secondary N) is 1. The zero-order chi connectivity index (χ0) is 20.1. The minimum absolute atomic E-state index is 0.0794. The molecule has 0 radical (unpaired) electrons. The second-order valence-electron chi connectivity index (χ2n) is 7.34. The predicted octanol–water partition coefficient (Wildman–Crippen LogP) is 4.75. The van der Waals surface area contributed by atoms with Gasteiger partial charge in [-0.3, -0.25) is 4.79 Å². The molecule has 29 heavy (non-hydrogen) atoms. The molecule has 1 aliphatic heterocycles. The minimum Gasteiger partial charge on any atom is -0.367 e. The maximum Gasteiger partial charge on any atom is 0.255 e. The Morgan fingerprint density at radius 1 is 0.793 bits per heavy atom. The standard InChI is InChI=1S/C25H27N3O/c1-2-27-16-18-28(19-17-27)24-11-7-6-10-23(24)26-25(29)22-14-12-21(13-15-22)20-8-4-3-5-9-20/h3-15H,2,16-19H2,1H3,(H,26,29). The number of carbonyl (C=O) groups is 1. The molecule has 1 fully saturated rings. The van der Waals surface area contributed by atoms with E-state index in [9.17, 15) is 4.79 Å². The lowest BCUT2D eigenvalue weighted by atomic mass is 10.0. The number of hydrogen-bond acceptors (Lipinski definition) is 3. The van der Waals surface area contributed by atoms with Crippen LogP contribution in [0.5, 0.6) is 0 Å². The molecule has 0 spiro atoms. The highest BCUT2D eigenvalue weighted by molar-refractivity contribution is 6.06. The third-order valence-corrected chi connectivity index (χ3v) is 5.57. The lowest BCUT2D eigenvalue weighted by molar-refractivity contribution is 0.102. The number of hydrogen-bond donors (Lipinski definition) is 1. The SMILES string of the molecule is CCN1CCN(c2ccccc2NC(=O)c2ccc(-c3ccccc3)cc2)CC1. The molecule has 0 aliphatic carbocycles. The zero-order valence-electron chi connectivity index (χ0n) is 16.8. The summed E-state index contributed by atoms with van der Waals surface area (Å²) in [6.45, 7) is 7.36. The number of benzene rings is 3. The summed E-state index contributed by atoms with van der Waals surface area (Å²) in [7, 11) is 0. The minimum atomic E-state index is -0.0794. The molecule has 3 aromatic carbocycles. The van der Waals surface area contributed by atoms with Crippen molar-refractivity contribution in [1.82, 2.24) is 4.90 Å². The van der Waals surface area contributed by atoms with Gasteiger partial charge in [-0.25, -0.2) is 0 Å². The molecule has 1 saturated heterocycles. The van der Waals surface area contributed by atoms with Gasteiger partial charge in [0, 0.05) is 31.7 Å². The van der Waals surface area contributed by atoms with Crippen LogP contribution in [0, 0.1) is 0 Å². The van der Waals surface area contributed by atoms with E-state index in [0.29, 0.717) is 5.56 Å². The van der Waals surface area contributed by atoms with Crippen molar-refractivity contribution in [2.75, 3.05) is 42.9 Å². The second kappa shape index (κ2) is 8.93. The van der Waals surface area contributed by atoms with Gasteiger partial charge >= 0.3 is 0 Å². The fourth-order valence-corrected chi connectivity index (χ4v) is 3.80. The molecule has 0 unspecified atom stereocenters. The highest BCUT2D eigenvalue weighted by Gasteiger charge is 2.19. The Morgan fingerprint density at radius 3 is 2.10 bits per heavy atom. The van der Waals surface area contributed by atoms with E-state index in [2.05, 4.69) is 40.2 Å². The number of piperazine rings is 1. The van der Waals surface area contributed by atoms with Crippen LogP contribution < -0.4 is 10.2 Å². The first-order chi connectivity index (χ1) is 14.2. The first-order valence-electron chi connectivity index (χ1n) is 10.3. The first kappa shape index (κ1) is 19.2. The number of anilines is 2.